The minimum atomic E-state index is -0.0659. The number of benzene rings is 1. The Morgan fingerprint density at radius 1 is 1.18 bits per heavy atom. The summed E-state index contributed by atoms with van der Waals surface area (Å²) in [7, 11) is 0. The van der Waals surface area contributed by atoms with E-state index in [-0.39, 0.29) is 11.7 Å². The predicted octanol–water partition coefficient (Wildman–Crippen LogP) is 1.24. The number of nitrogens with one attached hydrogen (secondary N) is 2. The van der Waals surface area contributed by atoms with Crippen molar-refractivity contribution in [3.63, 3.8) is 0 Å². The van der Waals surface area contributed by atoms with Crippen LogP contribution in [0.25, 0.3) is 0 Å². The van der Waals surface area contributed by atoms with Crippen LogP contribution < -0.4 is 10.6 Å². The molecule has 4 nitrogen and oxygen atoms in total. The lowest BCUT2D eigenvalue weighted by molar-refractivity contribution is -0.115. The number of Topliss-reactive ketones (excluding diaryl/α,β-unsaturated/α-hetero) is 1. The van der Waals surface area contributed by atoms with Crippen molar-refractivity contribution in [1.82, 2.24) is 5.32 Å². The Morgan fingerprint density at radius 2 is 2.06 bits per heavy atom. The lowest BCUT2D eigenvalue weighted by atomic mass is 10.1. The van der Waals surface area contributed by atoms with E-state index in [2.05, 4.69) is 10.6 Å². The Morgan fingerprint density at radius 3 is 2.82 bits per heavy atom. The molecule has 0 bridgehead atoms. The van der Waals surface area contributed by atoms with Crippen LogP contribution in [0.4, 0.5) is 5.69 Å². The van der Waals surface area contributed by atoms with E-state index >= 15 is 0 Å². The fraction of sp³-hybridized carbons (Fsp3) is 0.231. The average molecular weight is 228 g/mol. The first-order valence-corrected chi connectivity index (χ1v) is 5.64. The lowest BCUT2D eigenvalue weighted by Gasteiger charge is -2.08. The van der Waals surface area contributed by atoms with Crippen LogP contribution in [0.5, 0.6) is 0 Å². The molecular weight excluding hydrogens is 216 g/mol. The number of anilines is 1. The first-order chi connectivity index (χ1) is 8.22. The Hall–Kier alpha value is -2.10. The molecule has 3 rings (SSSR count). The molecule has 17 heavy (non-hydrogen) atoms. The van der Waals surface area contributed by atoms with E-state index in [9.17, 15) is 9.59 Å². The summed E-state index contributed by atoms with van der Waals surface area (Å²) in [4.78, 5) is 22.5. The van der Waals surface area contributed by atoms with E-state index in [1.807, 2.05) is 18.2 Å². The van der Waals surface area contributed by atoms with Crippen LogP contribution in [-0.4, -0.2) is 18.2 Å². The normalized spacial score (nSPS) is 17.8. The summed E-state index contributed by atoms with van der Waals surface area (Å²) in [6, 6.07) is 5.73. The highest BCUT2D eigenvalue weighted by atomic mass is 16.1. The van der Waals surface area contributed by atoms with Gasteiger partial charge in [0, 0.05) is 29.4 Å². The largest absolute Gasteiger partial charge is 0.357 e. The molecule has 0 spiro atoms. The van der Waals surface area contributed by atoms with Crippen LogP contribution in [0.1, 0.15) is 22.3 Å². The summed E-state index contributed by atoms with van der Waals surface area (Å²) in [5.41, 5.74) is 3.73. The number of rotatable bonds is 2. The Kier molecular flexibility index (Phi) is 2.21. The van der Waals surface area contributed by atoms with Gasteiger partial charge in [0.1, 0.15) is 0 Å². The third-order valence-corrected chi connectivity index (χ3v) is 3.09. The van der Waals surface area contributed by atoms with Gasteiger partial charge in [-0.25, -0.2) is 0 Å². The molecule has 0 fully saturated rings. The molecule has 1 aliphatic heterocycles. The van der Waals surface area contributed by atoms with Crippen molar-refractivity contribution in [3.8, 4) is 0 Å². The predicted molar refractivity (Wildman–Crippen MR) is 63.8 cm³/mol. The van der Waals surface area contributed by atoms with Crippen LogP contribution in [0.15, 0.2) is 30.0 Å². The molecule has 2 N–H and O–H groups in total. The first kappa shape index (κ1) is 10.1. The first-order valence-electron chi connectivity index (χ1n) is 5.64. The van der Waals surface area contributed by atoms with Crippen molar-refractivity contribution in [1.29, 1.82) is 0 Å². The second-order valence-corrected chi connectivity index (χ2v) is 4.31. The summed E-state index contributed by atoms with van der Waals surface area (Å²) in [6.07, 6.45) is 2.99. The summed E-state index contributed by atoms with van der Waals surface area (Å²) < 4.78 is 0. The van der Waals surface area contributed by atoms with E-state index < -0.39 is 0 Å². The van der Waals surface area contributed by atoms with Crippen molar-refractivity contribution >= 4 is 17.4 Å². The SMILES string of the molecule is O=C1C=C(Nc2ccc3c(c2)CCC3=O)CN1. The van der Waals surface area contributed by atoms with E-state index in [1.54, 1.807) is 6.08 Å². The van der Waals surface area contributed by atoms with Crippen LogP contribution >= 0.6 is 0 Å². The number of hydrogen-bond acceptors (Lipinski definition) is 3. The van der Waals surface area contributed by atoms with E-state index in [4.69, 9.17) is 0 Å². The standard InChI is InChI=1S/C13H12N2O2/c16-12-4-1-8-5-9(2-3-11(8)12)15-10-6-13(17)14-7-10/h2-3,5-6,15H,1,4,7H2,(H,14,17). The maximum Gasteiger partial charge on any atom is 0.246 e. The summed E-state index contributed by atoms with van der Waals surface area (Å²) in [5.74, 6) is 0.160. The minimum absolute atomic E-state index is 0.0659. The van der Waals surface area contributed by atoms with Crippen molar-refractivity contribution < 1.29 is 9.59 Å². The molecule has 2 aliphatic rings. The molecule has 1 aliphatic carbocycles. The van der Waals surface area contributed by atoms with Gasteiger partial charge >= 0.3 is 0 Å². The molecule has 0 saturated carbocycles. The number of amides is 1. The van der Waals surface area contributed by atoms with Gasteiger partial charge < -0.3 is 10.6 Å². The maximum atomic E-state index is 11.5. The third-order valence-electron chi connectivity index (χ3n) is 3.09. The van der Waals surface area contributed by atoms with Crippen molar-refractivity contribution in [2.45, 2.75) is 12.8 Å². The van der Waals surface area contributed by atoms with Crippen LogP contribution in [0.3, 0.4) is 0 Å². The van der Waals surface area contributed by atoms with Gasteiger partial charge in [-0.15, -0.1) is 0 Å². The molecule has 1 amide bonds. The number of carbonyl (C=O) groups is 2. The second-order valence-electron chi connectivity index (χ2n) is 4.31. The second kappa shape index (κ2) is 3.73. The number of carbonyl (C=O) groups excluding carboxylic acids is 2. The van der Waals surface area contributed by atoms with E-state index in [1.165, 1.54) is 0 Å². The number of fused-ring (bicyclic) bond motifs is 1. The molecule has 0 unspecified atom stereocenters. The zero-order valence-corrected chi connectivity index (χ0v) is 9.25. The summed E-state index contributed by atoms with van der Waals surface area (Å²) in [6.45, 7) is 0.537. The summed E-state index contributed by atoms with van der Waals surface area (Å²) >= 11 is 0. The molecule has 86 valence electrons. The lowest BCUT2D eigenvalue weighted by Crippen LogP contribution is -2.16. The van der Waals surface area contributed by atoms with E-state index in [0.717, 1.165) is 28.9 Å². The van der Waals surface area contributed by atoms with Crippen molar-refractivity contribution in [2.24, 2.45) is 0 Å². The van der Waals surface area contributed by atoms with Gasteiger partial charge in [-0.1, -0.05) is 0 Å². The monoisotopic (exact) mass is 228 g/mol. The van der Waals surface area contributed by atoms with Crippen molar-refractivity contribution in [3.05, 3.63) is 41.1 Å². The van der Waals surface area contributed by atoms with Gasteiger partial charge in [0.2, 0.25) is 5.91 Å². The fourth-order valence-corrected chi connectivity index (χ4v) is 2.24. The highest BCUT2D eigenvalue weighted by molar-refractivity contribution is 6.00. The average Bonchev–Trinajstić information content (AvgIpc) is 2.87. The third kappa shape index (κ3) is 1.82. The zero-order valence-electron chi connectivity index (χ0n) is 9.25. The number of hydrogen-bond donors (Lipinski definition) is 2. The molecule has 1 aromatic carbocycles. The van der Waals surface area contributed by atoms with Gasteiger partial charge in [0.05, 0.1) is 6.54 Å². The number of ketones is 1. The minimum Gasteiger partial charge on any atom is -0.357 e. The van der Waals surface area contributed by atoms with Gasteiger partial charge in [-0.3, -0.25) is 9.59 Å². The molecular formula is C13H12N2O2. The van der Waals surface area contributed by atoms with Crippen LogP contribution in [0.2, 0.25) is 0 Å². The van der Waals surface area contributed by atoms with Crippen LogP contribution in [0, 0.1) is 0 Å². The van der Waals surface area contributed by atoms with Crippen molar-refractivity contribution in [2.75, 3.05) is 11.9 Å². The Balaban J connectivity index is 1.83. The van der Waals surface area contributed by atoms with E-state index in [0.29, 0.717) is 13.0 Å². The Labute approximate surface area is 98.7 Å². The molecule has 0 atom stereocenters. The smallest absolute Gasteiger partial charge is 0.246 e. The highest BCUT2D eigenvalue weighted by Gasteiger charge is 2.19. The molecule has 1 heterocycles. The number of aryl methyl sites for hydroxylation is 1. The molecule has 0 saturated heterocycles. The molecule has 0 aromatic heterocycles. The maximum absolute atomic E-state index is 11.5. The van der Waals surface area contributed by atoms with Crippen LogP contribution in [-0.2, 0) is 11.2 Å². The zero-order chi connectivity index (χ0) is 11.8. The highest BCUT2D eigenvalue weighted by Crippen LogP contribution is 2.25. The van der Waals surface area contributed by atoms with Gasteiger partial charge in [0.15, 0.2) is 5.78 Å². The fourth-order valence-electron chi connectivity index (χ4n) is 2.24. The van der Waals surface area contributed by atoms with Gasteiger partial charge in [-0.2, -0.15) is 0 Å². The summed E-state index contributed by atoms with van der Waals surface area (Å²) in [5, 5.41) is 5.88. The molecule has 1 aromatic rings. The molecule has 0 radical (unpaired) electrons. The molecule has 4 heteroatoms. The van der Waals surface area contributed by atoms with Gasteiger partial charge in [-0.05, 0) is 30.2 Å². The Bertz CT molecular complexity index is 546. The van der Waals surface area contributed by atoms with Gasteiger partial charge in [0.25, 0.3) is 0 Å². The quantitative estimate of drug-likeness (QED) is 0.800. The topological polar surface area (TPSA) is 58.2 Å².